The van der Waals surface area contributed by atoms with Gasteiger partial charge >= 0.3 is 18.1 Å². The van der Waals surface area contributed by atoms with E-state index in [1.54, 1.807) is 24.3 Å². The Morgan fingerprint density at radius 2 is 1.50 bits per heavy atom. The van der Waals surface area contributed by atoms with Gasteiger partial charge in [0.2, 0.25) is 5.41 Å². The molecule has 1 aliphatic heterocycles. The molecule has 0 radical (unpaired) electrons. The Hall–Kier alpha value is -3.47. The van der Waals surface area contributed by atoms with Crippen molar-refractivity contribution in [2.24, 2.45) is 11.3 Å². The maximum Gasteiger partial charge on any atom is 0.393 e. The average molecular weight is 481 g/mol. The lowest BCUT2D eigenvalue weighted by atomic mass is 9.64. The molecule has 0 spiro atoms. The van der Waals surface area contributed by atoms with E-state index in [1.165, 1.54) is 0 Å². The van der Waals surface area contributed by atoms with Gasteiger partial charge in [-0.2, -0.15) is 13.2 Å². The molecule has 34 heavy (non-hydrogen) atoms. The zero-order valence-electron chi connectivity index (χ0n) is 18.5. The summed E-state index contributed by atoms with van der Waals surface area (Å²) in [5.41, 5.74) is -2.03. The van der Waals surface area contributed by atoms with Crippen LogP contribution in [0.15, 0.2) is 48.5 Å². The third-order valence-corrected chi connectivity index (χ3v) is 6.01. The summed E-state index contributed by atoms with van der Waals surface area (Å²) in [5.74, 6) is -5.49. The predicted octanol–water partition coefficient (Wildman–Crippen LogP) is 4.62. The standard InChI is InChI=1S/C23H22F3NO7/c1-13-4-6-14(7-5-13)17-12-18(23(24,25)26)22(20(28)32-2,21(29)33-3)19(34-17)15-8-10-16(11-9-15)27(30)31/h4-11,17-19H,12H2,1-3H3/t17-,18+,19-/m0/s1. The summed E-state index contributed by atoms with van der Waals surface area (Å²) in [4.78, 5) is 36.3. The Kier molecular flexibility index (Phi) is 6.97. The number of nitrogens with zero attached hydrogens (tertiary/aromatic N) is 1. The van der Waals surface area contributed by atoms with E-state index in [0.717, 1.165) is 44.0 Å². The van der Waals surface area contributed by atoms with Crippen molar-refractivity contribution < 1.29 is 41.9 Å². The quantitative estimate of drug-likeness (QED) is 0.266. The molecule has 1 saturated heterocycles. The molecular formula is C23H22F3NO7. The summed E-state index contributed by atoms with van der Waals surface area (Å²) in [6.07, 6.45) is -8.72. The minimum absolute atomic E-state index is 0.0486. The Balaban J connectivity index is 2.27. The average Bonchev–Trinajstić information content (AvgIpc) is 2.82. The van der Waals surface area contributed by atoms with Crippen molar-refractivity contribution in [1.82, 2.24) is 0 Å². The van der Waals surface area contributed by atoms with Crippen LogP contribution in [0.1, 0.15) is 35.3 Å². The Morgan fingerprint density at radius 1 is 1.00 bits per heavy atom. The van der Waals surface area contributed by atoms with E-state index < -0.39 is 53.0 Å². The highest BCUT2D eigenvalue weighted by Crippen LogP contribution is 2.59. The largest absolute Gasteiger partial charge is 0.468 e. The van der Waals surface area contributed by atoms with E-state index in [-0.39, 0.29) is 11.3 Å². The molecule has 8 nitrogen and oxygen atoms in total. The van der Waals surface area contributed by atoms with Gasteiger partial charge in [-0.15, -0.1) is 0 Å². The van der Waals surface area contributed by atoms with Crippen molar-refractivity contribution in [3.63, 3.8) is 0 Å². The first-order chi connectivity index (χ1) is 16.0. The van der Waals surface area contributed by atoms with Crippen molar-refractivity contribution in [3.05, 3.63) is 75.3 Å². The van der Waals surface area contributed by atoms with Crippen molar-refractivity contribution in [2.45, 2.75) is 31.7 Å². The minimum atomic E-state index is -5.02. The number of alkyl halides is 3. The number of hydrogen-bond donors (Lipinski definition) is 0. The number of benzene rings is 2. The summed E-state index contributed by atoms with van der Waals surface area (Å²) >= 11 is 0. The topological polar surface area (TPSA) is 105 Å². The number of carbonyl (C=O) groups is 2. The van der Waals surface area contributed by atoms with E-state index in [1.807, 2.05) is 6.92 Å². The second-order valence-electron chi connectivity index (χ2n) is 7.95. The van der Waals surface area contributed by atoms with Crippen LogP contribution < -0.4 is 0 Å². The number of halogens is 3. The fourth-order valence-corrected chi connectivity index (χ4v) is 4.33. The number of carbonyl (C=O) groups excluding carboxylic acids is 2. The number of hydrogen-bond acceptors (Lipinski definition) is 7. The van der Waals surface area contributed by atoms with E-state index in [4.69, 9.17) is 4.74 Å². The van der Waals surface area contributed by atoms with Gasteiger partial charge < -0.3 is 14.2 Å². The van der Waals surface area contributed by atoms with Crippen LogP contribution in [0.4, 0.5) is 18.9 Å². The summed E-state index contributed by atoms with van der Waals surface area (Å²) in [5, 5.41) is 11.1. The van der Waals surface area contributed by atoms with E-state index in [9.17, 15) is 32.9 Å². The Morgan fingerprint density at radius 3 is 1.94 bits per heavy atom. The van der Waals surface area contributed by atoms with Gasteiger partial charge in [0.1, 0.15) is 6.10 Å². The van der Waals surface area contributed by atoms with Gasteiger partial charge in [-0.3, -0.25) is 19.7 Å². The molecule has 0 amide bonds. The molecule has 0 unspecified atom stereocenters. The van der Waals surface area contributed by atoms with Gasteiger partial charge in [0.25, 0.3) is 5.69 Å². The first kappa shape index (κ1) is 25.2. The molecule has 3 atom stereocenters. The summed E-state index contributed by atoms with van der Waals surface area (Å²) < 4.78 is 58.8. The normalized spacial score (nSPS) is 22.0. The highest BCUT2D eigenvalue weighted by atomic mass is 19.4. The molecule has 2 aromatic carbocycles. The number of aryl methyl sites for hydroxylation is 1. The summed E-state index contributed by atoms with van der Waals surface area (Å²) in [6, 6.07) is 11.0. The second-order valence-corrected chi connectivity index (χ2v) is 7.95. The van der Waals surface area contributed by atoms with Crippen LogP contribution in [-0.2, 0) is 23.8 Å². The van der Waals surface area contributed by atoms with Crippen LogP contribution in [0.25, 0.3) is 0 Å². The molecule has 3 rings (SSSR count). The number of ether oxygens (including phenoxy) is 3. The molecule has 1 heterocycles. The molecule has 182 valence electrons. The predicted molar refractivity (Wildman–Crippen MR) is 111 cm³/mol. The molecule has 2 aromatic rings. The molecule has 0 aromatic heterocycles. The molecule has 11 heteroatoms. The summed E-state index contributed by atoms with van der Waals surface area (Å²) in [7, 11) is 1.72. The fourth-order valence-electron chi connectivity index (χ4n) is 4.33. The third kappa shape index (κ3) is 4.35. The van der Waals surface area contributed by atoms with Crippen LogP contribution in [0.2, 0.25) is 0 Å². The number of non-ortho nitro benzene ring substituents is 1. The Labute approximate surface area is 192 Å². The van der Waals surface area contributed by atoms with E-state index >= 15 is 0 Å². The molecule has 0 N–H and O–H groups in total. The fraction of sp³-hybridized carbons (Fsp3) is 0.391. The van der Waals surface area contributed by atoms with Crippen molar-refractivity contribution in [1.29, 1.82) is 0 Å². The highest BCUT2D eigenvalue weighted by molar-refractivity contribution is 6.01. The van der Waals surface area contributed by atoms with Gasteiger partial charge in [0.15, 0.2) is 0 Å². The molecule has 0 saturated carbocycles. The zero-order chi connectivity index (χ0) is 25.3. The van der Waals surface area contributed by atoms with Gasteiger partial charge in [-0.25, -0.2) is 0 Å². The number of rotatable bonds is 5. The van der Waals surface area contributed by atoms with Crippen LogP contribution in [0.3, 0.4) is 0 Å². The van der Waals surface area contributed by atoms with Crippen LogP contribution in [0, 0.1) is 28.4 Å². The van der Waals surface area contributed by atoms with E-state index in [0.29, 0.717) is 5.56 Å². The van der Waals surface area contributed by atoms with Crippen molar-refractivity contribution >= 4 is 17.6 Å². The van der Waals surface area contributed by atoms with Crippen molar-refractivity contribution in [3.8, 4) is 0 Å². The first-order valence-electron chi connectivity index (χ1n) is 10.2. The molecule has 1 aliphatic rings. The maximum atomic E-state index is 14.5. The van der Waals surface area contributed by atoms with Crippen LogP contribution in [0.5, 0.6) is 0 Å². The molecule has 1 fully saturated rings. The molecule has 0 aliphatic carbocycles. The number of methoxy groups -OCH3 is 2. The van der Waals surface area contributed by atoms with Gasteiger partial charge in [0, 0.05) is 12.1 Å². The highest BCUT2D eigenvalue weighted by Gasteiger charge is 2.71. The smallest absolute Gasteiger partial charge is 0.393 e. The summed E-state index contributed by atoms with van der Waals surface area (Å²) in [6.45, 7) is 1.81. The van der Waals surface area contributed by atoms with Crippen LogP contribution >= 0.6 is 0 Å². The zero-order valence-corrected chi connectivity index (χ0v) is 18.5. The van der Waals surface area contributed by atoms with Gasteiger partial charge in [-0.05, 0) is 36.6 Å². The molecular weight excluding hydrogens is 459 g/mol. The second kappa shape index (κ2) is 9.41. The van der Waals surface area contributed by atoms with Gasteiger partial charge in [0.05, 0.1) is 31.2 Å². The monoisotopic (exact) mass is 481 g/mol. The van der Waals surface area contributed by atoms with Crippen molar-refractivity contribution in [2.75, 3.05) is 14.2 Å². The number of nitro groups is 1. The SMILES string of the molecule is COC(=O)C1(C(=O)OC)[C@H](c2ccc([N+](=O)[O-])cc2)O[C@H](c2ccc(C)cc2)C[C@H]1C(F)(F)F. The molecule has 0 bridgehead atoms. The number of esters is 2. The Bertz CT molecular complexity index is 1050. The van der Waals surface area contributed by atoms with Gasteiger partial charge in [-0.1, -0.05) is 29.8 Å². The van der Waals surface area contributed by atoms with E-state index in [2.05, 4.69) is 9.47 Å². The lowest BCUT2D eigenvalue weighted by molar-refractivity contribution is -0.384. The maximum absolute atomic E-state index is 14.5. The minimum Gasteiger partial charge on any atom is -0.468 e. The lowest BCUT2D eigenvalue weighted by Gasteiger charge is -2.48. The third-order valence-electron chi connectivity index (χ3n) is 6.01. The first-order valence-corrected chi connectivity index (χ1v) is 10.2. The number of nitro benzene ring substituents is 1. The van der Waals surface area contributed by atoms with Crippen LogP contribution in [-0.4, -0.2) is 37.3 Å². The lowest BCUT2D eigenvalue weighted by Crippen LogP contribution is -2.59.